The van der Waals surface area contributed by atoms with Crippen LogP contribution in [0.25, 0.3) is 5.03 Å². The van der Waals surface area contributed by atoms with Crippen molar-refractivity contribution >= 4 is 22.8 Å². The van der Waals surface area contributed by atoms with Crippen LogP contribution in [-0.2, 0) is 6.42 Å². The molecular weight excluding hydrogens is 206 g/mol. The summed E-state index contributed by atoms with van der Waals surface area (Å²) in [5.74, 6) is 0. The maximum absolute atomic E-state index is 6.15. The van der Waals surface area contributed by atoms with E-state index >= 15 is 0 Å². The average molecular weight is 223 g/mol. The fourth-order valence-electron chi connectivity index (χ4n) is 1.21. The summed E-state index contributed by atoms with van der Waals surface area (Å²) in [5.41, 5.74) is 2.40. The number of nitrogens with zero attached hydrogens (tertiary/aromatic N) is 1. The summed E-state index contributed by atoms with van der Waals surface area (Å²) >= 11 is 6.15. The molecule has 0 amide bonds. The zero-order valence-electron chi connectivity index (χ0n) is 9.50. The van der Waals surface area contributed by atoms with E-state index in [9.17, 15) is 0 Å². The van der Waals surface area contributed by atoms with E-state index in [0.717, 1.165) is 17.0 Å². The van der Waals surface area contributed by atoms with Crippen molar-refractivity contribution < 1.29 is 4.58 Å². The van der Waals surface area contributed by atoms with Gasteiger partial charge in [-0.25, -0.2) is 4.58 Å². The van der Waals surface area contributed by atoms with Crippen molar-refractivity contribution in [3.05, 3.63) is 41.5 Å². The topological polar surface area (TPSA) is 3.01 Å². The van der Waals surface area contributed by atoms with Gasteiger partial charge in [0, 0.05) is 6.08 Å². The Morgan fingerprint density at radius 3 is 2.33 bits per heavy atom. The molecule has 0 radical (unpaired) electrons. The van der Waals surface area contributed by atoms with Gasteiger partial charge >= 0.3 is 0 Å². The molecule has 0 unspecified atom stereocenters. The van der Waals surface area contributed by atoms with Gasteiger partial charge in [0.05, 0.1) is 5.03 Å². The lowest BCUT2D eigenvalue weighted by atomic mass is 10.1. The highest BCUT2D eigenvalue weighted by molar-refractivity contribution is 6.49. The van der Waals surface area contributed by atoms with Gasteiger partial charge in [-0.1, -0.05) is 42.8 Å². The first-order valence-electron chi connectivity index (χ1n) is 5.10. The number of aryl methyl sites for hydroxylation is 1. The lowest BCUT2D eigenvalue weighted by Gasteiger charge is -1.99. The van der Waals surface area contributed by atoms with Gasteiger partial charge in [-0.3, -0.25) is 0 Å². The summed E-state index contributed by atoms with van der Waals surface area (Å²) in [5, 5.41) is 0.770. The second kappa shape index (κ2) is 5.72. The van der Waals surface area contributed by atoms with E-state index in [1.807, 2.05) is 31.0 Å². The van der Waals surface area contributed by atoms with Gasteiger partial charge < -0.3 is 0 Å². The van der Waals surface area contributed by atoms with E-state index in [0.29, 0.717) is 0 Å². The van der Waals surface area contributed by atoms with E-state index < -0.39 is 0 Å². The summed E-state index contributed by atoms with van der Waals surface area (Å²) in [6.45, 7) is 2.15. The van der Waals surface area contributed by atoms with Crippen molar-refractivity contribution in [2.24, 2.45) is 0 Å². The third-order valence-electron chi connectivity index (χ3n) is 2.16. The van der Waals surface area contributed by atoms with E-state index in [4.69, 9.17) is 11.6 Å². The zero-order chi connectivity index (χ0) is 11.3. The molecule has 1 nitrogen and oxygen atoms in total. The SMILES string of the molecule is CCc1ccc(C(Cl)=CC=[N+](C)C)cc1. The van der Waals surface area contributed by atoms with E-state index in [2.05, 4.69) is 31.2 Å². The van der Waals surface area contributed by atoms with Gasteiger partial charge in [0.25, 0.3) is 0 Å². The van der Waals surface area contributed by atoms with Crippen LogP contribution >= 0.6 is 11.6 Å². The van der Waals surface area contributed by atoms with Crippen LogP contribution in [0.5, 0.6) is 0 Å². The molecule has 0 heterocycles. The van der Waals surface area contributed by atoms with E-state index in [1.54, 1.807) is 0 Å². The van der Waals surface area contributed by atoms with Crippen LogP contribution in [-0.4, -0.2) is 24.9 Å². The number of hydrogen-bond donors (Lipinski definition) is 0. The first-order chi connectivity index (χ1) is 7.13. The first-order valence-corrected chi connectivity index (χ1v) is 5.47. The molecule has 0 aliphatic heterocycles. The van der Waals surface area contributed by atoms with Gasteiger partial charge in [-0.2, -0.15) is 0 Å². The maximum atomic E-state index is 6.15. The first kappa shape index (κ1) is 12.0. The van der Waals surface area contributed by atoms with Crippen LogP contribution in [0.3, 0.4) is 0 Å². The molecule has 0 aromatic heterocycles. The number of hydrogen-bond acceptors (Lipinski definition) is 0. The second-order valence-electron chi connectivity index (χ2n) is 3.68. The van der Waals surface area contributed by atoms with Crippen molar-refractivity contribution in [1.29, 1.82) is 0 Å². The smallest absolute Gasteiger partial charge is 0.164 e. The molecule has 1 rings (SSSR count). The number of halogens is 1. The van der Waals surface area contributed by atoms with Crippen LogP contribution in [0, 0.1) is 0 Å². The predicted molar refractivity (Wildman–Crippen MR) is 67.8 cm³/mol. The van der Waals surface area contributed by atoms with Crippen LogP contribution in [0.4, 0.5) is 0 Å². The lowest BCUT2D eigenvalue weighted by Crippen LogP contribution is -1.95. The van der Waals surface area contributed by atoms with Crippen LogP contribution in [0.2, 0.25) is 0 Å². The Morgan fingerprint density at radius 2 is 1.87 bits per heavy atom. The van der Waals surface area contributed by atoms with Crippen molar-refractivity contribution in [3.63, 3.8) is 0 Å². The standard InChI is InChI=1S/C13H17ClN/c1-4-11-5-7-12(8-6-11)13(14)9-10-15(2)3/h5-10H,4H2,1-3H3/q+1. The molecule has 0 atom stereocenters. The van der Waals surface area contributed by atoms with Crippen LogP contribution in [0.1, 0.15) is 18.1 Å². The number of allylic oxidation sites excluding steroid dienone is 1. The van der Waals surface area contributed by atoms with Gasteiger partial charge in [0.2, 0.25) is 0 Å². The Hall–Kier alpha value is -1.08. The third kappa shape index (κ3) is 3.88. The Bertz CT molecular complexity index is 370. The molecule has 2 heteroatoms. The van der Waals surface area contributed by atoms with Gasteiger partial charge in [-0.05, 0) is 17.5 Å². The third-order valence-corrected chi connectivity index (χ3v) is 2.50. The predicted octanol–water partition coefficient (Wildman–Crippen LogP) is 3.17. The molecule has 0 saturated heterocycles. The monoisotopic (exact) mass is 222 g/mol. The summed E-state index contributed by atoms with van der Waals surface area (Å²) in [7, 11) is 3.95. The maximum Gasteiger partial charge on any atom is 0.164 e. The Balaban J connectivity index is 2.87. The summed E-state index contributed by atoms with van der Waals surface area (Å²) < 4.78 is 1.96. The minimum Gasteiger partial charge on any atom is -0.241 e. The fourth-order valence-corrected chi connectivity index (χ4v) is 1.39. The van der Waals surface area contributed by atoms with Gasteiger partial charge in [-0.15, -0.1) is 0 Å². The number of rotatable bonds is 3. The summed E-state index contributed by atoms with van der Waals surface area (Å²) in [4.78, 5) is 0. The molecule has 0 saturated carbocycles. The highest BCUT2D eigenvalue weighted by Crippen LogP contribution is 2.18. The Labute approximate surface area is 96.7 Å². The van der Waals surface area contributed by atoms with Crippen molar-refractivity contribution in [1.82, 2.24) is 0 Å². The zero-order valence-corrected chi connectivity index (χ0v) is 10.3. The minimum absolute atomic E-state index is 0.770. The average Bonchev–Trinajstić information content (AvgIpc) is 2.26. The van der Waals surface area contributed by atoms with Crippen molar-refractivity contribution in [2.45, 2.75) is 13.3 Å². The molecule has 1 aromatic carbocycles. The summed E-state index contributed by atoms with van der Waals surface area (Å²) in [6, 6.07) is 8.34. The van der Waals surface area contributed by atoms with Gasteiger partial charge in [0.15, 0.2) is 6.21 Å². The lowest BCUT2D eigenvalue weighted by molar-refractivity contribution is -0.458. The molecule has 0 N–H and O–H groups in total. The molecule has 1 aromatic rings. The van der Waals surface area contributed by atoms with Crippen molar-refractivity contribution in [2.75, 3.05) is 14.1 Å². The molecular formula is C13H17ClN+. The molecule has 80 valence electrons. The Kier molecular flexibility index (Phi) is 4.57. The van der Waals surface area contributed by atoms with Crippen LogP contribution in [0.15, 0.2) is 30.3 Å². The Morgan fingerprint density at radius 1 is 1.27 bits per heavy atom. The largest absolute Gasteiger partial charge is 0.241 e. The van der Waals surface area contributed by atoms with Crippen LogP contribution < -0.4 is 0 Å². The molecule has 0 aliphatic rings. The fraction of sp³-hybridized carbons (Fsp3) is 0.308. The normalized spacial score (nSPS) is 11.3. The molecule has 0 aliphatic carbocycles. The quantitative estimate of drug-likeness (QED) is 0.546. The molecule has 0 spiro atoms. The van der Waals surface area contributed by atoms with E-state index in [1.165, 1.54) is 5.56 Å². The van der Waals surface area contributed by atoms with Crippen molar-refractivity contribution in [3.8, 4) is 0 Å². The second-order valence-corrected chi connectivity index (χ2v) is 4.08. The highest BCUT2D eigenvalue weighted by atomic mass is 35.5. The molecule has 0 fully saturated rings. The minimum atomic E-state index is 0.770. The molecule has 0 bridgehead atoms. The number of benzene rings is 1. The summed E-state index contributed by atoms with van der Waals surface area (Å²) in [6.07, 6.45) is 4.91. The van der Waals surface area contributed by atoms with Gasteiger partial charge in [0.1, 0.15) is 14.1 Å². The molecule has 15 heavy (non-hydrogen) atoms. The van der Waals surface area contributed by atoms with E-state index in [-0.39, 0.29) is 0 Å². The highest BCUT2D eigenvalue weighted by Gasteiger charge is 1.97.